The Bertz CT molecular complexity index is 140. The zero-order valence-electron chi connectivity index (χ0n) is 10.4. The molecule has 0 aromatic heterocycles. The molecule has 0 aromatic carbocycles. The van der Waals surface area contributed by atoms with Crippen molar-refractivity contribution >= 4 is 6.72 Å². The Hall–Kier alpha value is -0.570. The van der Waals surface area contributed by atoms with Crippen molar-refractivity contribution in [2.45, 2.75) is 46.0 Å². The highest BCUT2D eigenvalue weighted by molar-refractivity contribution is 5.21. The van der Waals surface area contributed by atoms with Crippen molar-refractivity contribution in [1.29, 1.82) is 0 Å². The van der Waals surface area contributed by atoms with E-state index in [-0.39, 0.29) is 0 Å². The Morgan fingerprint density at radius 2 is 1.80 bits per heavy atom. The highest BCUT2D eigenvalue weighted by atomic mass is 16.6. The Morgan fingerprint density at radius 3 is 2.40 bits per heavy atom. The van der Waals surface area contributed by atoms with E-state index in [2.05, 4.69) is 30.6 Å². The molecule has 0 heterocycles. The van der Waals surface area contributed by atoms with Gasteiger partial charge in [-0.15, -0.1) is 5.16 Å². The molecular weight excluding hydrogens is 188 g/mol. The standard InChI is InChI=1S/C12H26N2O/c1-4-6-7-8-10-14(9-5-2)11-12-15-13-3/h3-12H2,1-2H3. The van der Waals surface area contributed by atoms with Gasteiger partial charge in [0.1, 0.15) is 6.61 Å². The van der Waals surface area contributed by atoms with E-state index >= 15 is 0 Å². The van der Waals surface area contributed by atoms with Crippen LogP contribution in [0.5, 0.6) is 0 Å². The average molecular weight is 214 g/mol. The second-order valence-corrected chi connectivity index (χ2v) is 3.86. The van der Waals surface area contributed by atoms with Crippen molar-refractivity contribution in [2.75, 3.05) is 26.2 Å². The van der Waals surface area contributed by atoms with Crippen LogP contribution in [-0.2, 0) is 4.84 Å². The topological polar surface area (TPSA) is 24.8 Å². The van der Waals surface area contributed by atoms with Gasteiger partial charge in [0.15, 0.2) is 0 Å². The zero-order valence-corrected chi connectivity index (χ0v) is 10.4. The molecule has 0 aliphatic heterocycles. The monoisotopic (exact) mass is 214 g/mol. The fraction of sp³-hybridized carbons (Fsp3) is 0.917. The summed E-state index contributed by atoms with van der Waals surface area (Å²) in [5.41, 5.74) is 0. The minimum absolute atomic E-state index is 0.664. The van der Waals surface area contributed by atoms with Gasteiger partial charge in [-0.25, -0.2) is 0 Å². The molecule has 0 aromatic rings. The van der Waals surface area contributed by atoms with Gasteiger partial charge < -0.3 is 4.84 Å². The third-order valence-corrected chi connectivity index (χ3v) is 2.46. The van der Waals surface area contributed by atoms with Gasteiger partial charge in [-0.2, -0.15) is 0 Å². The number of nitrogens with zero attached hydrogens (tertiary/aromatic N) is 2. The van der Waals surface area contributed by atoms with Gasteiger partial charge in [0.2, 0.25) is 0 Å². The van der Waals surface area contributed by atoms with E-state index in [1.807, 2.05) is 0 Å². The lowest BCUT2D eigenvalue weighted by Gasteiger charge is -2.20. The van der Waals surface area contributed by atoms with Crippen LogP contribution in [0.15, 0.2) is 5.16 Å². The van der Waals surface area contributed by atoms with E-state index in [1.54, 1.807) is 0 Å². The molecule has 0 atom stereocenters. The molecule has 0 N–H and O–H groups in total. The van der Waals surface area contributed by atoms with Crippen LogP contribution in [0.1, 0.15) is 46.0 Å². The number of oxime groups is 1. The van der Waals surface area contributed by atoms with E-state index in [0.717, 1.165) is 13.1 Å². The number of hydrogen-bond acceptors (Lipinski definition) is 3. The molecule has 0 aliphatic rings. The smallest absolute Gasteiger partial charge is 0.129 e. The number of rotatable bonds is 11. The van der Waals surface area contributed by atoms with E-state index in [1.165, 1.54) is 38.6 Å². The third-order valence-electron chi connectivity index (χ3n) is 2.46. The lowest BCUT2D eigenvalue weighted by Crippen LogP contribution is -2.29. The zero-order chi connectivity index (χ0) is 11.4. The SMILES string of the molecule is C=NOCCN(CCC)CCCCCC. The lowest BCUT2D eigenvalue weighted by atomic mass is 10.2. The van der Waals surface area contributed by atoms with Gasteiger partial charge in [0, 0.05) is 13.3 Å². The summed E-state index contributed by atoms with van der Waals surface area (Å²) in [5.74, 6) is 0. The van der Waals surface area contributed by atoms with Crippen molar-refractivity contribution < 1.29 is 4.84 Å². The van der Waals surface area contributed by atoms with Crippen LogP contribution in [0.4, 0.5) is 0 Å². The van der Waals surface area contributed by atoms with Crippen LogP contribution in [0, 0.1) is 0 Å². The van der Waals surface area contributed by atoms with Crippen LogP contribution in [0.3, 0.4) is 0 Å². The maximum Gasteiger partial charge on any atom is 0.129 e. The van der Waals surface area contributed by atoms with Crippen LogP contribution in [0.25, 0.3) is 0 Å². The summed E-state index contributed by atoms with van der Waals surface area (Å²) in [7, 11) is 0. The molecule has 0 unspecified atom stereocenters. The molecule has 0 aliphatic carbocycles. The predicted octanol–water partition coefficient (Wildman–Crippen LogP) is 2.91. The van der Waals surface area contributed by atoms with Gasteiger partial charge in [-0.3, -0.25) is 4.90 Å². The van der Waals surface area contributed by atoms with E-state index in [0.29, 0.717) is 6.61 Å². The molecule has 15 heavy (non-hydrogen) atoms. The maximum atomic E-state index is 4.91. The fourth-order valence-electron chi connectivity index (χ4n) is 1.65. The summed E-state index contributed by atoms with van der Waals surface area (Å²) in [6.07, 6.45) is 6.50. The van der Waals surface area contributed by atoms with Gasteiger partial charge in [0.05, 0.1) is 0 Å². The van der Waals surface area contributed by atoms with Crippen molar-refractivity contribution in [2.24, 2.45) is 5.16 Å². The summed E-state index contributed by atoms with van der Waals surface area (Å²) in [4.78, 5) is 7.36. The molecule has 0 amide bonds. The van der Waals surface area contributed by atoms with Crippen molar-refractivity contribution in [1.82, 2.24) is 4.90 Å². The number of hydrogen-bond donors (Lipinski definition) is 0. The third kappa shape index (κ3) is 9.73. The second-order valence-electron chi connectivity index (χ2n) is 3.86. The molecule has 90 valence electrons. The van der Waals surface area contributed by atoms with Crippen molar-refractivity contribution in [3.63, 3.8) is 0 Å². The number of unbranched alkanes of at least 4 members (excludes halogenated alkanes) is 3. The average Bonchev–Trinajstić information content (AvgIpc) is 2.24. The molecule has 3 heteroatoms. The van der Waals surface area contributed by atoms with Crippen LogP contribution < -0.4 is 0 Å². The fourth-order valence-corrected chi connectivity index (χ4v) is 1.65. The Kier molecular flexibility index (Phi) is 11.1. The minimum Gasteiger partial charge on any atom is -0.395 e. The molecule has 0 fully saturated rings. The van der Waals surface area contributed by atoms with Crippen molar-refractivity contribution in [3.8, 4) is 0 Å². The summed E-state index contributed by atoms with van der Waals surface area (Å²) < 4.78 is 0. The van der Waals surface area contributed by atoms with Gasteiger partial charge in [-0.05, 0) is 25.9 Å². The first-order chi connectivity index (χ1) is 7.35. The molecule has 0 spiro atoms. The summed E-state index contributed by atoms with van der Waals surface area (Å²) in [6, 6.07) is 0. The molecule has 0 bridgehead atoms. The minimum atomic E-state index is 0.664. The second kappa shape index (κ2) is 11.5. The Labute approximate surface area is 94.5 Å². The summed E-state index contributed by atoms with van der Waals surface area (Å²) in [6.45, 7) is 11.7. The van der Waals surface area contributed by atoms with E-state index < -0.39 is 0 Å². The molecule has 0 saturated heterocycles. The quantitative estimate of drug-likeness (QED) is 0.300. The van der Waals surface area contributed by atoms with Crippen LogP contribution in [-0.4, -0.2) is 37.9 Å². The molecule has 0 radical (unpaired) electrons. The molecule has 0 saturated carbocycles. The van der Waals surface area contributed by atoms with E-state index in [4.69, 9.17) is 4.84 Å². The first-order valence-corrected chi connectivity index (χ1v) is 6.15. The summed E-state index contributed by atoms with van der Waals surface area (Å²) >= 11 is 0. The molecular formula is C12H26N2O. The first-order valence-electron chi connectivity index (χ1n) is 6.15. The highest BCUT2D eigenvalue weighted by Gasteiger charge is 2.02. The summed E-state index contributed by atoms with van der Waals surface area (Å²) in [5, 5.41) is 3.40. The lowest BCUT2D eigenvalue weighted by molar-refractivity contribution is 0.111. The molecule has 0 rings (SSSR count). The first kappa shape index (κ1) is 14.4. The van der Waals surface area contributed by atoms with E-state index in [9.17, 15) is 0 Å². The van der Waals surface area contributed by atoms with Crippen molar-refractivity contribution in [3.05, 3.63) is 0 Å². The predicted molar refractivity (Wildman–Crippen MR) is 66.4 cm³/mol. The Balaban J connectivity index is 3.48. The van der Waals surface area contributed by atoms with Gasteiger partial charge >= 0.3 is 0 Å². The van der Waals surface area contributed by atoms with Gasteiger partial charge in [0.25, 0.3) is 0 Å². The van der Waals surface area contributed by atoms with Crippen LogP contribution >= 0.6 is 0 Å². The highest BCUT2D eigenvalue weighted by Crippen LogP contribution is 2.02. The molecule has 3 nitrogen and oxygen atoms in total. The van der Waals surface area contributed by atoms with Gasteiger partial charge in [-0.1, -0.05) is 33.1 Å². The Morgan fingerprint density at radius 1 is 1.00 bits per heavy atom. The van der Waals surface area contributed by atoms with Crippen LogP contribution in [0.2, 0.25) is 0 Å². The normalized spacial score (nSPS) is 10.6. The largest absolute Gasteiger partial charge is 0.395 e. The maximum absolute atomic E-state index is 4.91.